The third kappa shape index (κ3) is 5.19. The van der Waals surface area contributed by atoms with Gasteiger partial charge in [-0.05, 0) is 74.2 Å². The molecular weight excluding hydrogens is 405 g/mol. The Balaban J connectivity index is 1.41. The van der Waals surface area contributed by atoms with Gasteiger partial charge in [-0.3, -0.25) is 4.99 Å². The highest BCUT2D eigenvalue weighted by molar-refractivity contribution is 6.05. The maximum absolute atomic E-state index is 13.5. The van der Waals surface area contributed by atoms with Crippen molar-refractivity contribution in [2.75, 3.05) is 50.0 Å². The monoisotopic (exact) mass is 433 g/mol. The van der Waals surface area contributed by atoms with Gasteiger partial charge in [-0.25, -0.2) is 4.39 Å². The Morgan fingerprint density at radius 3 is 2.81 bits per heavy atom. The van der Waals surface area contributed by atoms with E-state index < -0.39 is 0 Å². The predicted molar refractivity (Wildman–Crippen MR) is 126 cm³/mol. The fourth-order valence-corrected chi connectivity index (χ4v) is 4.01. The molecule has 1 saturated heterocycles. The lowest BCUT2D eigenvalue weighted by molar-refractivity contribution is 0.360. The largest absolute Gasteiger partial charge is 0.339 e. The van der Waals surface area contributed by atoms with Crippen LogP contribution in [0.25, 0.3) is 12.2 Å². The minimum atomic E-state index is -0.267. The first-order chi connectivity index (χ1) is 15.6. The molecule has 2 aliphatic heterocycles. The topological polar surface area (TPSA) is 69.5 Å². The van der Waals surface area contributed by atoms with Crippen LogP contribution >= 0.6 is 0 Å². The molecule has 1 aromatic heterocycles. The standard InChI is InChI=1S/C24H28FN7/c1-31-10-3-11-32(13-12-31)24-29-21(9-6-17-4-2-5-20(25)14-17)27-23(30-24)28-22-15-19(16-26-22)18-7-8-18/h2,4-6,9,14-15,18H,3,7-8,10-13,16H2,1H3,(H,26,27,28,29,30)/b9-6+. The minimum absolute atomic E-state index is 0.267. The third-order valence-corrected chi connectivity index (χ3v) is 6.01. The zero-order valence-corrected chi connectivity index (χ0v) is 18.3. The molecule has 8 heteroatoms. The van der Waals surface area contributed by atoms with Crippen LogP contribution in [-0.2, 0) is 0 Å². The summed E-state index contributed by atoms with van der Waals surface area (Å²) >= 11 is 0. The van der Waals surface area contributed by atoms with Crippen LogP contribution < -0.4 is 10.2 Å². The Bertz CT molecular complexity index is 1070. The molecule has 1 aromatic carbocycles. The molecule has 0 spiro atoms. The maximum atomic E-state index is 13.5. The van der Waals surface area contributed by atoms with Gasteiger partial charge in [0.1, 0.15) is 11.7 Å². The quantitative estimate of drug-likeness (QED) is 0.779. The van der Waals surface area contributed by atoms with Crippen LogP contribution in [-0.4, -0.2) is 65.5 Å². The highest BCUT2D eigenvalue weighted by Gasteiger charge is 2.28. The maximum Gasteiger partial charge on any atom is 0.233 e. The Hall–Kier alpha value is -3.13. The van der Waals surface area contributed by atoms with Gasteiger partial charge in [0.15, 0.2) is 5.82 Å². The molecule has 1 N–H and O–H groups in total. The van der Waals surface area contributed by atoms with E-state index in [-0.39, 0.29) is 5.82 Å². The third-order valence-electron chi connectivity index (χ3n) is 6.01. The molecule has 0 atom stereocenters. The lowest BCUT2D eigenvalue weighted by Crippen LogP contribution is -2.30. The van der Waals surface area contributed by atoms with E-state index in [2.05, 4.69) is 38.2 Å². The molecule has 166 valence electrons. The first-order valence-electron chi connectivity index (χ1n) is 11.3. The number of halogens is 1. The highest BCUT2D eigenvalue weighted by Crippen LogP contribution is 2.37. The van der Waals surface area contributed by atoms with Gasteiger partial charge in [0.05, 0.1) is 6.54 Å². The molecule has 2 fully saturated rings. The number of aromatic nitrogens is 3. The second kappa shape index (κ2) is 9.16. The second-order valence-corrected chi connectivity index (χ2v) is 8.67. The zero-order chi connectivity index (χ0) is 21.9. The van der Waals surface area contributed by atoms with Crippen molar-refractivity contribution in [2.24, 2.45) is 10.9 Å². The van der Waals surface area contributed by atoms with Crippen LogP contribution in [0.4, 0.5) is 16.3 Å². The first-order valence-corrected chi connectivity index (χ1v) is 11.3. The van der Waals surface area contributed by atoms with E-state index in [0.717, 1.165) is 50.5 Å². The van der Waals surface area contributed by atoms with Crippen LogP contribution in [0.1, 0.15) is 30.7 Å². The molecule has 0 amide bonds. The number of hydrogen-bond acceptors (Lipinski definition) is 7. The van der Waals surface area contributed by atoms with E-state index in [4.69, 9.17) is 9.97 Å². The summed E-state index contributed by atoms with van der Waals surface area (Å²) in [6.45, 7) is 4.54. The molecule has 1 aliphatic carbocycles. The van der Waals surface area contributed by atoms with Crippen LogP contribution in [0.5, 0.6) is 0 Å². The van der Waals surface area contributed by atoms with Gasteiger partial charge in [0.25, 0.3) is 0 Å². The summed E-state index contributed by atoms with van der Waals surface area (Å²) in [5.41, 5.74) is 2.15. The van der Waals surface area contributed by atoms with Gasteiger partial charge in [0.2, 0.25) is 11.9 Å². The lowest BCUT2D eigenvalue weighted by Gasteiger charge is -2.21. The first kappa shape index (κ1) is 20.8. The molecular formula is C24H28FN7. The number of hydrogen-bond donors (Lipinski definition) is 1. The number of aliphatic imine (C=N–C) groups is 1. The zero-order valence-electron chi connectivity index (χ0n) is 18.3. The van der Waals surface area contributed by atoms with Gasteiger partial charge < -0.3 is 15.1 Å². The van der Waals surface area contributed by atoms with Crippen molar-refractivity contribution in [1.82, 2.24) is 19.9 Å². The Kier molecular flexibility index (Phi) is 5.94. The van der Waals surface area contributed by atoms with Crippen LogP contribution in [0.3, 0.4) is 0 Å². The summed E-state index contributed by atoms with van der Waals surface area (Å²) in [4.78, 5) is 23.1. The normalized spacial score (nSPS) is 19.8. The van der Waals surface area contributed by atoms with Crippen molar-refractivity contribution in [3.63, 3.8) is 0 Å². The summed E-state index contributed by atoms with van der Waals surface area (Å²) in [6.07, 6.45) is 9.34. The molecule has 0 bridgehead atoms. The van der Waals surface area contributed by atoms with Crippen molar-refractivity contribution >= 4 is 29.9 Å². The van der Waals surface area contributed by atoms with Crippen molar-refractivity contribution in [3.05, 3.63) is 53.1 Å². The van der Waals surface area contributed by atoms with Crippen molar-refractivity contribution in [2.45, 2.75) is 19.3 Å². The van der Waals surface area contributed by atoms with Crippen LogP contribution in [0.2, 0.25) is 0 Å². The van der Waals surface area contributed by atoms with E-state index in [9.17, 15) is 4.39 Å². The number of nitrogens with one attached hydrogen (secondary N) is 1. The molecule has 0 radical (unpaired) electrons. The Morgan fingerprint density at radius 1 is 1.06 bits per heavy atom. The molecule has 5 rings (SSSR count). The minimum Gasteiger partial charge on any atom is -0.339 e. The number of benzene rings is 1. The molecule has 0 unspecified atom stereocenters. The highest BCUT2D eigenvalue weighted by atomic mass is 19.1. The summed E-state index contributed by atoms with van der Waals surface area (Å²) < 4.78 is 13.5. The van der Waals surface area contributed by atoms with Crippen LogP contribution in [0.15, 0.2) is 40.9 Å². The van der Waals surface area contributed by atoms with E-state index >= 15 is 0 Å². The SMILES string of the molecule is CN1CCCN(c2nc(/C=C/c3cccc(F)c3)nc(NC3=NCC(C4CC4)=C3)n2)CC1. The average Bonchev–Trinajstić information content (AvgIpc) is 3.57. The average molecular weight is 434 g/mol. The van der Waals surface area contributed by atoms with Gasteiger partial charge >= 0.3 is 0 Å². The van der Waals surface area contributed by atoms with E-state index in [1.54, 1.807) is 12.1 Å². The smallest absolute Gasteiger partial charge is 0.233 e. The van der Waals surface area contributed by atoms with Crippen molar-refractivity contribution in [3.8, 4) is 0 Å². The molecule has 3 heterocycles. The molecule has 2 aromatic rings. The number of anilines is 2. The Morgan fingerprint density at radius 2 is 1.97 bits per heavy atom. The number of amidine groups is 1. The van der Waals surface area contributed by atoms with Gasteiger partial charge in [-0.15, -0.1) is 0 Å². The second-order valence-electron chi connectivity index (χ2n) is 8.67. The van der Waals surface area contributed by atoms with Crippen LogP contribution in [0, 0.1) is 11.7 Å². The molecule has 32 heavy (non-hydrogen) atoms. The molecule has 7 nitrogen and oxygen atoms in total. The number of rotatable bonds is 5. The van der Waals surface area contributed by atoms with E-state index in [1.807, 2.05) is 12.1 Å². The van der Waals surface area contributed by atoms with Crippen molar-refractivity contribution in [1.29, 1.82) is 0 Å². The van der Waals surface area contributed by atoms with Gasteiger partial charge in [-0.2, -0.15) is 15.0 Å². The van der Waals surface area contributed by atoms with Crippen molar-refractivity contribution < 1.29 is 4.39 Å². The number of nitrogens with zero attached hydrogens (tertiary/aromatic N) is 6. The van der Waals surface area contributed by atoms with E-state index in [0.29, 0.717) is 23.6 Å². The summed E-state index contributed by atoms with van der Waals surface area (Å²) in [7, 11) is 2.14. The lowest BCUT2D eigenvalue weighted by atomic mass is 10.2. The Labute approximate surface area is 187 Å². The number of likely N-dealkylation sites (N-methyl/N-ethyl adjacent to an activating group) is 1. The summed E-state index contributed by atoms with van der Waals surface area (Å²) in [6, 6.07) is 6.46. The van der Waals surface area contributed by atoms with Gasteiger partial charge in [-0.1, -0.05) is 18.2 Å². The summed E-state index contributed by atoms with van der Waals surface area (Å²) in [5, 5.41) is 3.29. The fourth-order valence-electron chi connectivity index (χ4n) is 4.01. The fraction of sp³-hybridized carbons (Fsp3) is 0.417. The van der Waals surface area contributed by atoms with Gasteiger partial charge in [0, 0.05) is 19.6 Å². The predicted octanol–water partition coefficient (Wildman–Crippen LogP) is 3.48. The molecule has 1 saturated carbocycles. The molecule has 3 aliphatic rings. The summed E-state index contributed by atoms with van der Waals surface area (Å²) in [5.74, 6) is 2.91. The van der Waals surface area contributed by atoms with E-state index in [1.165, 1.54) is 30.5 Å².